The smallest absolute Gasteiger partial charge is 0.254 e. The molecule has 0 bridgehead atoms. The van der Waals surface area contributed by atoms with Gasteiger partial charge in [0.25, 0.3) is 5.91 Å². The lowest BCUT2D eigenvalue weighted by atomic mass is 10.1. The molecular weight excluding hydrogens is 302 g/mol. The van der Waals surface area contributed by atoms with Gasteiger partial charge in [0.05, 0.1) is 24.5 Å². The molecular formula is C19H19N3O2. The van der Waals surface area contributed by atoms with Gasteiger partial charge in [-0.05, 0) is 35.9 Å². The van der Waals surface area contributed by atoms with Crippen molar-refractivity contribution >= 4 is 16.9 Å². The maximum absolute atomic E-state index is 12.9. The number of nitrogens with one attached hydrogen (secondary N) is 1. The first kappa shape index (κ1) is 15.8. The van der Waals surface area contributed by atoms with E-state index in [1.807, 2.05) is 36.4 Å². The summed E-state index contributed by atoms with van der Waals surface area (Å²) in [7, 11) is 1.63. The fraction of sp³-hybridized carbons (Fsp3) is 0.158. The van der Waals surface area contributed by atoms with E-state index in [0.29, 0.717) is 18.7 Å². The molecule has 0 aliphatic carbocycles. The van der Waals surface area contributed by atoms with Crippen LogP contribution in [0.1, 0.15) is 15.9 Å². The highest BCUT2D eigenvalue weighted by atomic mass is 16.5. The molecule has 122 valence electrons. The summed E-state index contributed by atoms with van der Waals surface area (Å²) in [5.74, 6) is 0.728. The lowest BCUT2D eigenvalue weighted by molar-refractivity contribution is 0.0762. The molecule has 1 aromatic heterocycles. The molecule has 0 radical (unpaired) electrons. The van der Waals surface area contributed by atoms with Gasteiger partial charge in [0.15, 0.2) is 0 Å². The van der Waals surface area contributed by atoms with Crippen LogP contribution in [0.25, 0.3) is 11.0 Å². The maximum atomic E-state index is 12.9. The minimum absolute atomic E-state index is 0.0470. The fourth-order valence-corrected chi connectivity index (χ4v) is 2.62. The van der Waals surface area contributed by atoms with Crippen LogP contribution < -0.4 is 4.74 Å². The van der Waals surface area contributed by atoms with Crippen LogP contribution in [0.15, 0.2) is 61.4 Å². The first-order valence-corrected chi connectivity index (χ1v) is 7.67. The van der Waals surface area contributed by atoms with Crippen molar-refractivity contribution in [2.45, 2.75) is 6.54 Å². The first-order chi connectivity index (χ1) is 11.7. The molecule has 3 rings (SSSR count). The summed E-state index contributed by atoms with van der Waals surface area (Å²) in [5, 5.41) is 0. The van der Waals surface area contributed by atoms with Crippen LogP contribution in [0.4, 0.5) is 0 Å². The maximum Gasteiger partial charge on any atom is 0.254 e. The predicted molar refractivity (Wildman–Crippen MR) is 94.0 cm³/mol. The van der Waals surface area contributed by atoms with Crippen LogP contribution in [-0.4, -0.2) is 34.4 Å². The van der Waals surface area contributed by atoms with E-state index < -0.39 is 0 Å². The van der Waals surface area contributed by atoms with Gasteiger partial charge in [0, 0.05) is 18.7 Å². The Balaban J connectivity index is 1.85. The van der Waals surface area contributed by atoms with Crippen LogP contribution in [0.5, 0.6) is 5.75 Å². The zero-order valence-electron chi connectivity index (χ0n) is 13.5. The Morgan fingerprint density at radius 2 is 2.21 bits per heavy atom. The Morgan fingerprint density at radius 1 is 1.33 bits per heavy atom. The summed E-state index contributed by atoms with van der Waals surface area (Å²) in [5.41, 5.74) is 3.32. The number of methoxy groups -OCH3 is 1. The van der Waals surface area contributed by atoms with Crippen LogP contribution in [0.3, 0.4) is 0 Å². The molecule has 2 aromatic carbocycles. The number of carbonyl (C=O) groups is 1. The third-order valence-corrected chi connectivity index (χ3v) is 3.81. The van der Waals surface area contributed by atoms with Gasteiger partial charge >= 0.3 is 0 Å². The summed E-state index contributed by atoms with van der Waals surface area (Å²) in [6.45, 7) is 4.72. The van der Waals surface area contributed by atoms with Gasteiger partial charge in [0.1, 0.15) is 5.75 Å². The topological polar surface area (TPSA) is 58.2 Å². The third-order valence-electron chi connectivity index (χ3n) is 3.81. The highest BCUT2D eigenvalue weighted by Gasteiger charge is 2.16. The standard InChI is InChI=1S/C19H19N3O2/c1-3-9-22(12-14-5-4-6-16(10-14)24-2)19(23)15-7-8-17-18(11-15)21-13-20-17/h3-8,10-11,13H,1,9,12H2,2H3,(H,20,21). The number of nitrogens with zero attached hydrogens (tertiary/aromatic N) is 2. The monoisotopic (exact) mass is 321 g/mol. The molecule has 0 atom stereocenters. The van der Waals surface area contributed by atoms with Crippen LogP contribution in [0, 0.1) is 0 Å². The largest absolute Gasteiger partial charge is 0.497 e. The number of hydrogen-bond donors (Lipinski definition) is 1. The van der Waals surface area contributed by atoms with E-state index in [9.17, 15) is 4.79 Å². The minimum Gasteiger partial charge on any atom is -0.497 e. The van der Waals surface area contributed by atoms with Crippen molar-refractivity contribution in [2.24, 2.45) is 0 Å². The summed E-state index contributed by atoms with van der Waals surface area (Å²) in [4.78, 5) is 21.8. The van der Waals surface area contributed by atoms with E-state index in [2.05, 4.69) is 16.5 Å². The summed E-state index contributed by atoms with van der Waals surface area (Å²) in [6.07, 6.45) is 3.35. The molecule has 1 N–H and O–H groups in total. The highest BCUT2D eigenvalue weighted by molar-refractivity contribution is 5.97. The Labute approximate surface area is 140 Å². The van der Waals surface area contributed by atoms with Gasteiger partial charge in [-0.25, -0.2) is 4.98 Å². The molecule has 0 fully saturated rings. The van der Waals surface area contributed by atoms with Crippen molar-refractivity contribution < 1.29 is 9.53 Å². The number of fused-ring (bicyclic) bond motifs is 1. The second-order valence-electron chi connectivity index (χ2n) is 5.46. The van der Waals surface area contributed by atoms with E-state index >= 15 is 0 Å². The molecule has 1 amide bonds. The van der Waals surface area contributed by atoms with Gasteiger partial charge in [0.2, 0.25) is 0 Å². The number of carbonyl (C=O) groups excluding carboxylic acids is 1. The van der Waals surface area contributed by atoms with Crippen molar-refractivity contribution in [3.63, 3.8) is 0 Å². The third kappa shape index (κ3) is 3.30. The van der Waals surface area contributed by atoms with Crippen molar-refractivity contribution in [2.75, 3.05) is 13.7 Å². The van der Waals surface area contributed by atoms with Crippen molar-refractivity contribution in [3.05, 3.63) is 72.6 Å². The molecule has 0 aliphatic rings. The van der Waals surface area contributed by atoms with E-state index in [1.165, 1.54) is 0 Å². The summed E-state index contributed by atoms with van der Waals surface area (Å²) >= 11 is 0. The molecule has 0 aliphatic heterocycles. The van der Waals surface area contributed by atoms with Crippen LogP contribution in [0.2, 0.25) is 0 Å². The lowest BCUT2D eigenvalue weighted by Gasteiger charge is -2.21. The molecule has 5 heteroatoms. The lowest BCUT2D eigenvalue weighted by Crippen LogP contribution is -2.30. The van der Waals surface area contributed by atoms with Gasteiger partial charge in [-0.15, -0.1) is 6.58 Å². The Hall–Kier alpha value is -3.08. The Morgan fingerprint density at radius 3 is 3.00 bits per heavy atom. The number of amides is 1. The average Bonchev–Trinajstić information content (AvgIpc) is 3.08. The Kier molecular flexibility index (Phi) is 4.61. The van der Waals surface area contributed by atoms with Crippen molar-refractivity contribution in [1.82, 2.24) is 14.9 Å². The Bertz CT molecular complexity index is 870. The van der Waals surface area contributed by atoms with Gasteiger partial charge in [-0.2, -0.15) is 0 Å². The number of rotatable bonds is 6. The van der Waals surface area contributed by atoms with Crippen molar-refractivity contribution in [3.8, 4) is 5.75 Å². The molecule has 0 spiro atoms. The second kappa shape index (κ2) is 7.00. The number of ether oxygens (including phenoxy) is 1. The number of H-pyrrole nitrogens is 1. The zero-order chi connectivity index (χ0) is 16.9. The molecule has 0 saturated carbocycles. The molecule has 5 nitrogen and oxygen atoms in total. The van der Waals surface area contributed by atoms with E-state index in [1.54, 1.807) is 30.5 Å². The van der Waals surface area contributed by atoms with Crippen LogP contribution in [-0.2, 0) is 6.54 Å². The minimum atomic E-state index is -0.0470. The summed E-state index contributed by atoms with van der Waals surface area (Å²) < 4.78 is 5.25. The highest BCUT2D eigenvalue weighted by Crippen LogP contribution is 2.17. The molecule has 3 aromatic rings. The van der Waals surface area contributed by atoms with Gasteiger partial charge in [-0.1, -0.05) is 18.2 Å². The SMILES string of the molecule is C=CCN(Cc1cccc(OC)c1)C(=O)c1ccc2nc[nH]c2c1. The van der Waals surface area contributed by atoms with Gasteiger partial charge in [-0.3, -0.25) is 4.79 Å². The van der Waals surface area contributed by atoms with Crippen LogP contribution >= 0.6 is 0 Å². The number of aromatic nitrogens is 2. The average molecular weight is 321 g/mol. The fourth-order valence-electron chi connectivity index (χ4n) is 2.62. The number of hydrogen-bond acceptors (Lipinski definition) is 3. The molecule has 0 unspecified atom stereocenters. The normalized spacial score (nSPS) is 10.5. The quantitative estimate of drug-likeness (QED) is 0.708. The summed E-state index contributed by atoms with van der Waals surface area (Å²) in [6, 6.07) is 13.2. The molecule has 0 saturated heterocycles. The van der Waals surface area contributed by atoms with Crippen molar-refractivity contribution in [1.29, 1.82) is 0 Å². The number of benzene rings is 2. The predicted octanol–water partition coefficient (Wildman–Crippen LogP) is 3.40. The zero-order valence-corrected chi connectivity index (χ0v) is 13.5. The van der Waals surface area contributed by atoms with E-state index in [0.717, 1.165) is 22.3 Å². The van der Waals surface area contributed by atoms with E-state index in [4.69, 9.17) is 4.74 Å². The van der Waals surface area contributed by atoms with Gasteiger partial charge < -0.3 is 14.6 Å². The molecule has 1 heterocycles. The van der Waals surface area contributed by atoms with E-state index in [-0.39, 0.29) is 5.91 Å². The number of imidazole rings is 1. The number of aromatic amines is 1. The molecule has 24 heavy (non-hydrogen) atoms. The first-order valence-electron chi connectivity index (χ1n) is 7.67. The second-order valence-corrected chi connectivity index (χ2v) is 5.46.